The number of thiophene rings is 2. The van der Waals surface area contributed by atoms with E-state index in [-0.39, 0.29) is 0 Å². The Morgan fingerprint density at radius 2 is 1.50 bits per heavy atom. The van der Waals surface area contributed by atoms with Crippen LogP contribution in [0.15, 0.2) is 45.2 Å². The first-order chi connectivity index (χ1) is 8.84. The first-order valence-electron chi connectivity index (χ1n) is 5.04. The van der Waals surface area contributed by atoms with E-state index in [0.717, 1.165) is 9.75 Å². The molecule has 2 heterocycles. The number of thiocarbonyl (C=S) groups is 1. The second-order valence-corrected chi connectivity index (χ2v) is 5.47. The second kappa shape index (κ2) is 7.00. The molecule has 0 saturated heterocycles. The fraction of sp³-hybridized carbons (Fsp3) is 0. The fourth-order valence-electron chi connectivity index (χ4n) is 1.06. The number of nitrogens with one attached hydrogen (secondary N) is 2. The van der Waals surface area contributed by atoms with Gasteiger partial charge in [0.2, 0.25) is 5.11 Å². The third-order valence-electron chi connectivity index (χ3n) is 1.80. The van der Waals surface area contributed by atoms with E-state index in [1.807, 2.05) is 35.0 Å². The number of hydrogen-bond donors (Lipinski definition) is 2. The molecule has 0 aliphatic carbocycles. The summed E-state index contributed by atoms with van der Waals surface area (Å²) in [7, 11) is 0. The standard InChI is InChI=1S/C11H10N4S3/c16-11(14-12-7-9-3-1-5-17-9)15-13-8-10-4-2-6-18-10/h1-8H,(H2,14,15,16)/b12-7+,13-8?. The third-order valence-corrected chi connectivity index (χ3v) is 3.60. The molecule has 0 fully saturated rings. The maximum absolute atomic E-state index is 5.00. The van der Waals surface area contributed by atoms with E-state index in [1.54, 1.807) is 35.1 Å². The van der Waals surface area contributed by atoms with E-state index in [9.17, 15) is 0 Å². The highest BCUT2D eigenvalue weighted by atomic mass is 32.1. The highest BCUT2D eigenvalue weighted by Crippen LogP contribution is 2.04. The zero-order valence-electron chi connectivity index (χ0n) is 9.24. The highest BCUT2D eigenvalue weighted by Gasteiger charge is 1.90. The molecule has 0 aliphatic rings. The molecule has 92 valence electrons. The van der Waals surface area contributed by atoms with Gasteiger partial charge in [-0.15, -0.1) is 22.7 Å². The Kier molecular flexibility index (Phi) is 5.00. The zero-order chi connectivity index (χ0) is 12.6. The second-order valence-electron chi connectivity index (χ2n) is 3.10. The van der Waals surface area contributed by atoms with Gasteiger partial charge in [-0.1, -0.05) is 12.1 Å². The fourth-order valence-corrected chi connectivity index (χ4v) is 2.34. The van der Waals surface area contributed by atoms with Crippen LogP contribution in [-0.2, 0) is 0 Å². The Balaban J connectivity index is 1.72. The maximum atomic E-state index is 5.00. The number of hydrazone groups is 2. The molecule has 0 aromatic carbocycles. The van der Waals surface area contributed by atoms with Crippen LogP contribution in [-0.4, -0.2) is 17.5 Å². The van der Waals surface area contributed by atoms with E-state index >= 15 is 0 Å². The molecule has 0 atom stereocenters. The Morgan fingerprint density at radius 1 is 1.00 bits per heavy atom. The minimum atomic E-state index is 0.357. The van der Waals surface area contributed by atoms with Crippen molar-refractivity contribution in [3.63, 3.8) is 0 Å². The summed E-state index contributed by atoms with van der Waals surface area (Å²) < 4.78 is 0. The topological polar surface area (TPSA) is 48.8 Å². The van der Waals surface area contributed by atoms with Crippen molar-refractivity contribution in [2.24, 2.45) is 10.2 Å². The summed E-state index contributed by atoms with van der Waals surface area (Å²) in [4.78, 5) is 2.12. The van der Waals surface area contributed by atoms with Crippen LogP contribution in [0.3, 0.4) is 0 Å². The van der Waals surface area contributed by atoms with Crippen molar-refractivity contribution in [1.29, 1.82) is 0 Å². The van der Waals surface area contributed by atoms with Crippen LogP contribution in [0.4, 0.5) is 0 Å². The molecule has 4 nitrogen and oxygen atoms in total. The van der Waals surface area contributed by atoms with Crippen LogP contribution in [0.5, 0.6) is 0 Å². The number of nitrogens with zero attached hydrogens (tertiary/aromatic N) is 2. The van der Waals surface area contributed by atoms with Crippen molar-refractivity contribution in [3.8, 4) is 0 Å². The summed E-state index contributed by atoms with van der Waals surface area (Å²) in [6.45, 7) is 0. The summed E-state index contributed by atoms with van der Waals surface area (Å²) >= 11 is 8.22. The molecule has 0 amide bonds. The summed E-state index contributed by atoms with van der Waals surface area (Å²) in [5.74, 6) is 0. The molecule has 2 aromatic rings. The van der Waals surface area contributed by atoms with Gasteiger partial charge in [0.1, 0.15) is 0 Å². The first-order valence-corrected chi connectivity index (χ1v) is 7.20. The van der Waals surface area contributed by atoms with Crippen molar-refractivity contribution in [2.45, 2.75) is 0 Å². The van der Waals surface area contributed by atoms with Crippen molar-refractivity contribution < 1.29 is 0 Å². The van der Waals surface area contributed by atoms with E-state index < -0.39 is 0 Å². The largest absolute Gasteiger partial charge is 0.252 e. The van der Waals surface area contributed by atoms with Crippen LogP contribution in [0, 0.1) is 0 Å². The molecule has 0 aliphatic heterocycles. The molecule has 0 radical (unpaired) electrons. The summed E-state index contributed by atoms with van der Waals surface area (Å²) in [6, 6.07) is 7.88. The van der Waals surface area contributed by atoms with Crippen molar-refractivity contribution in [2.75, 3.05) is 0 Å². The molecule has 18 heavy (non-hydrogen) atoms. The smallest absolute Gasteiger partial charge is 0.207 e. The average molecular weight is 294 g/mol. The van der Waals surface area contributed by atoms with Gasteiger partial charge in [0.15, 0.2) is 0 Å². The number of hydrogen-bond acceptors (Lipinski definition) is 5. The van der Waals surface area contributed by atoms with Gasteiger partial charge in [-0.05, 0) is 35.1 Å². The monoisotopic (exact) mass is 294 g/mol. The van der Waals surface area contributed by atoms with Crippen LogP contribution in [0.2, 0.25) is 0 Å². The lowest BCUT2D eigenvalue weighted by Gasteiger charge is -1.99. The molecule has 0 unspecified atom stereocenters. The highest BCUT2D eigenvalue weighted by molar-refractivity contribution is 7.80. The Bertz CT molecular complexity index is 480. The Morgan fingerprint density at radius 3 is 1.89 bits per heavy atom. The molecular formula is C11H10N4S3. The third kappa shape index (κ3) is 4.36. The van der Waals surface area contributed by atoms with Crippen LogP contribution >= 0.6 is 34.9 Å². The zero-order valence-corrected chi connectivity index (χ0v) is 11.7. The first kappa shape index (κ1) is 12.9. The Labute approximate surface area is 118 Å². The minimum absolute atomic E-state index is 0.357. The molecule has 2 rings (SSSR count). The molecule has 2 N–H and O–H groups in total. The number of rotatable bonds is 4. The van der Waals surface area contributed by atoms with Crippen molar-refractivity contribution >= 4 is 52.4 Å². The lowest BCUT2D eigenvalue weighted by atomic mass is 10.5. The molecule has 0 bridgehead atoms. The predicted octanol–water partition coefficient (Wildman–Crippen LogP) is 2.64. The SMILES string of the molecule is S=C(NN=Cc1cccs1)N/N=C/c1cccs1. The van der Waals surface area contributed by atoms with Gasteiger partial charge >= 0.3 is 0 Å². The summed E-state index contributed by atoms with van der Waals surface area (Å²) in [6.07, 6.45) is 3.42. The minimum Gasteiger partial charge on any atom is -0.252 e. The van der Waals surface area contributed by atoms with Gasteiger partial charge < -0.3 is 0 Å². The van der Waals surface area contributed by atoms with E-state index in [4.69, 9.17) is 12.2 Å². The van der Waals surface area contributed by atoms with Gasteiger partial charge in [0.05, 0.1) is 12.4 Å². The molecule has 7 heteroatoms. The van der Waals surface area contributed by atoms with Gasteiger partial charge in [-0.2, -0.15) is 10.2 Å². The van der Waals surface area contributed by atoms with Crippen LogP contribution < -0.4 is 10.9 Å². The average Bonchev–Trinajstić information content (AvgIpc) is 3.01. The lowest BCUT2D eigenvalue weighted by molar-refractivity contribution is 0.935. The van der Waals surface area contributed by atoms with Crippen LogP contribution in [0.25, 0.3) is 0 Å². The summed E-state index contributed by atoms with van der Waals surface area (Å²) in [5.41, 5.74) is 5.37. The van der Waals surface area contributed by atoms with E-state index in [1.165, 1.54) is 0 Å². The lowest BCUT2D eigenvalue weighted by Crippen LogP contribution is -2.28. The maximum Gasteiger partial charge on any atom is 0.207 e. The van der Waals surface area contributed by atoms with E-state index in [0.29, 0.717) is 5.11 Å². The van der Waals surface area contributed by atoms with Gasteiger partial charge in [0.25, 0.3) is 0 Å². The predicted molar refractivity (Wildman–Crippen MR) is 82.7 cm³/mol. The van der Waals surface area contributed by atoms with Crippen LogP contribution in [0.1, 0.15) is 9.75 Å². The van der Waals surface area contributed by atoms with Crippen molar-refractivity contribution in [1.82, 2.24) is 10.9 Å². The molecule has 0 spiro atoms. The summed E-state index contributed by atoms with van der Waals surface area (Å²) in [5, 5.41) is 12.3. The van der Waals surface area contributed by atoms with Gasteiger partial charge in [0, 0.05) is 9.75 Å². The van der Waals surface area contributed by atoms with Crippen molar-refractivity contribution in [3.05, 3.63) is 44.8 Å². The molecule has 2 aromatic heterocycles. The van der Waals surface area contributed by atoms with Gasteiger partial charge in [-0.25, -0.2) is 0 Å². The van der Waals surface area contributed by atoms with Gasteiger partial charge in [-0.3, -0.25) is 10.9 Å². The van der Waals surface area contributed by atoms with E-state index in [2.05, 4.69) is 21.1 Å². The molecular weight excluding hydrogens is 284 g/mol. The quantitative estimate of drug-likeness (QED) is 0.518. The normalized spacial score (nSPS) is 11.1. The Hall–Kier alpha value is -1.57. The molecule has 0 saturated carbocycles.